The molecule has 1 amide bonds. The van der Waals surface area contributed by atoms with E-state index >= 15 is 0 Å². The predicted octanol–water partition coefficient (Wildman–Crippen LogP) is 2.37. The summed E-state index contributed by atoms with van der Waals surface area (Å²) < 4.78 is 0. The first-order chi connectivity index (χ1) is 9.22. The van der Waals surface area contributed by atoms with Gasteiger partial charge in [-0.05, 0) is 37.7 Å². The maximum atomic E-state index is 12.2. The summed E-state index contributed by atoms with van der Waals surface area (Å²) in [6.45, 7) is 0.360. The minimum absolute atomic E-state index is 0. The van der Waals surface area contributed by atoms with Crippen molar-refractivity contribution in [3.8, 4) is 0 Å². The molecule has 2 unspecified atom stereocenters. The number of thioether (sulfide) groups is 1. The van der Waals surface area contributed by atoms with Crippen LogP contribution in [-0.2, 0) is 6.54 Å². The third-order valence-corrected chi connectivity index (χ3v) is 4.68. The van der Waals surface area contributed by atoms with E-state index in [4.69, 9.17) is 5.73 Å². The van der Waals surface area contributed by atoms with E-state index in [2.05, 4.69) is 16.6 Å². The Morgan fingerprint density at radius 3 is 3.05 bits per heavy atom. The molecule has 2 rings (SSSR count). The van der Waals surface area contributed by atoms with Crippen molar-refractivity contribution in [2.75, 3.05) is 6.26 Å². The van der Waals surface area contributed by atoms with E-state index in [-0.39, 0.29) is 18.3 Å². The lowest BCUT2D eigenvalue weighted by atomic mass is 9.94. The van der Waals surface area contributed by atoms with Crippen LogP contribution in [0.4, 0.5) is 0 Å². The second-order valence-corrected chi connectivity index (χ2v) is 6.07. The van der Waals surface area contributed by atoms with Crippen LogP contribution in [0.25, 0.3) is 0 Å². The van der Waals surface area contributed by atoms with E-state index in [0.717, 1.165) is 18.5 Å². The molecule has 20 heavy (non-hydrogen) atoms. The molecule has 0 saturated heterocycles. The average molecular weight is 316 g/mol. The number of carbonyl (C=O) groups excluding carboxylic acids is 1. The van der Waals surface area contributed by atoms with E-state index in [1.165, 1.54) is 12.8 Å². The fourth-order valence-corrected chi connectivity index (χ4v) is 3.32. The highest BCUT2D eigenvalue weighted by molar-refractivity contribution is 7.99. The van der Waals surface area contributed by atoms with E-state index < -0.39 is 0 Å². The van der Waals surface area contributed by atoms with Crippen molar-refractivity contribution in [2.45, 2.75) is 43.5 Å². The normalized spacial score (nSPS) is 21.9. The fourth-order valence-electron chi connectivity index (χ4n) is 2.49. The monoisotopic (exact) mass is 315 g/mol. The van der Waals surface area contributed by atoms with Crippen molar-refractivity contribution in [2.24, 2.45) is 5.73 Å². The predicted molar refractivity (Wildman–Crippen MR) is 86.4 cm³/mol. The smallest absolute Gasteiger partial charge is 0.251 e. The Morgan fingerprint density at radius 1 is 1.55 bits per heavy atom. The van der Waals surface area contributed by atoms with Gasteiger partial charge in [-0.25, -0.2) is 0 Å². The second-order valence-electron chi connectivity index (χ2n) is 4.93. The Hall–Kier alpha value is -0.780. The van der Waals surface area contributed by atoms with Gasteiger partial charge in [0, 0.05) is 29.6 Å². The maximum Gasteiger partial charge on any atom is 0.251 e. The molecule has 1 saturated carbocycles. The number of nitrogens with one attached hydrogen (secondary N) is 1. The number of nitrogens with two attached hydrogens (primary N) is 1. The molecule has 1 heterocycles. The molecule has 1 aliphatic rings. The van der Waals surface area contributed by atoms with Crippen molar-refractivity contribution in [3.05, 3.63) is 29.6 Å². The summed E-state index contributed by atoms with van der Waals surface area (Å²) in [6.07, 6.45) is 8.40. The first-order valence-corrected chi connectivity index (χ1v) is 8.00. The number of rotatable bonds is 4. The molecule has 3 N–H and O–H groups in total. The molecule has 0 aliphatic heterocycles. The largest absolute Gasteiger partial charge is 0.349 e. The van der Waals surface area contributed by atoms with Gasteiger partial charge in [0.25, 0.3) is 5.91 Å². The van der Waals surface area contributed by atoms with Gasteiger partial charge in [0.05, 0.1) is 5.69 Å². The van der Waals surface area contributed by atoms with Crippen LogP contribution in [0.2, 0.25) is 0 Å². The third kappa shape index (κ3) is 4.65. The topological polar surface area (TPSA) is 68.0 Å². The maximum absolute atomic E-state index is 12.2. The van der Waals surface area contributed by atoms with Gasteiger partial charge >= 0.3 is 0 Å². The van der Waals surface area contributed by atoms with Crippen LogP contribution in [-0.4, -0.2) is 28.4 Å². The standard InChI is InChI=1S/C14H21N3OS.ClH/c1-19-13-4-2-3-11(8-13)17-14(18)10-5-6-16-12(7-10)9-15;/h5-7,11,13H,2-4,8-9,15H2,1H3,(H,17,18);1H. The quantitative estimate of drug-likeness (QED) is 0.895. The number of halogens is 1. The van der Waals surface area contributed by atoms with Gasteiger partial charge in [-0.1, -0.05) is 6.42 Å². The van der Waals surface area contributed by atoms with Crippen LogP contribution in [0.1, 0.15) is 41.7 Å². The van der Waals surface area contributed by atoms with Crippen LogP contribution in [0.15, 0.2) is 18.3 Å². The molecule has 112 valence electrons. The number of aromatic nitrogens is 1. The van der Waals surface area contributed by atoms with Gasteiger partial charge in [-0.15, -0.1) is 12.4 Å². The highest BCUT2D eigenvalue weighted by Gasteiger charge is 2.22. The highest BCUT2D eigenvalue weighted by atomic mass is 35.5. The zero-order valence-corrected chi connectivity index (χ0v) is 13.3. The summed E-state index contributed by atoms with van der Waals surface area (Å²) in [7, 11) is 0. The number of carbonyl (C=O) groups is 1. The van der Waals surface area contributed by atoms with E-state index in [1.54, 1.807) is 18.3 Å². The lowest BCUT2D eigenvalue weighted by molar-refractivity contribution is 0.0928. The number of pyridine rings is 1. The number of amides is 1. The van der Waals surface area contributed by atoms with Crippen LogP contribution in [0, 0.1) is 0 Å². The SMILES string of the molecule is CSC1CCCC(NC(=O)c2ccnc(CN)c2)C1.Cl. The molecule has 0 aromatic carbocycles. The first kappa shape index (κ1) is 17.3. The van der Waals surface area contributed by atoms with Crippen molar-refractivity contribution in [1.82, 2.24) is 10.3 Å². The summed E-state index contributed by atoms with van der Waals surface area (Å²) in [5.41, 5.74) is 6.95. The molecule has 6 heteroatoms. The van der Waals surface area contributed by atoms with Crippen LogP contribution >= 0.6 is 24.2 Å². The molecular weight excluding hydrogens is 294 g/mol. The Kier molecular flexibility index (Phi) is 7.34. The Morgan fingerprint density at radius 2 is 2.35 bits per heavy atom. The van der Waals surface area contributed by atoms with Crippen LogP contribution in [0.5, 0.6) is 0 Å². The second kappa shape index (κ2) is 8.49. The van der Waals surface area contributed by atoms with Crippen molar-refractivity contribution >= 4 is 30.1 Å². The van der Waals surface area contributed by atoms with Crippen LogP contribution < -0.4 is 11.1 Å². The molecule has 0 radical (unpaired) electrons. The third-order valence-electron chi connectivity index (χ3n) is 3.58. The zero-order valence-electron chi connectivity index (χ0n) is 11.7. The minimum Gasteiger partial charge on any atom is -0.349 e. The average Bonchev–Trinajstić information content (AvgIpc) is 2.47. The molecule has 2 atom stereocenters. The van der Waals surface area contributed by atoms with Crippen molar-refractivity contribution in [1.29, 1.82) is 0 Å². The van der Waals surface area contributed by atoms with Gasteiger partial charge in [0.15, 0.2) is 0 Å². The Balaban J connectivity index is 0.00000200. The lowest BCUT2D eigenvalue weighted by Crippen LogP contribution is -2.39. The van der Waals surface area contributed by atoms with Gasteiger partial charge in [0.1, 0.15) is 0 Å². The summed E-state index contributed by atoms with van der Waals surface area (Å²) in [5.74, 6) is -0.0103. The lowest BCUT2D eigenvalue weighted by Gasteiger charge is -2.28. The molecule has 1 fully saturated rings. The summed E-state index contributed by atoms with van der Waals surface area (Å²) in [4.78, 5) is 16.3. The van der Waals surface area contributed by atoms with E-state index in [0.29, 0.717) is 23.4 Å². The van der Waals surface area contributed by atoms with Crippen LogP contribution in [0.3, 0.4) is 0 Å². The molecular formula is C14H22ClN3OS. The number of hydrogen-bond acceptors (Lipinski definition) is 4. The Labute approximate surface area is 130 Å². The van der Waals surface area contributed by atoms with Gasteiger partial charge in [-0.2, -0.15) is 11.8 Å². The summed E-state index contributed by atoms with van der Waals surface area (Å²) in [5, 5.41) is 3.81. The van der Waals surface area contributed by atoms with Crippen molar-refractivity contribution < 1.29 is 4.79 Å². The van der Waals surface area contributed by atoms with E-state index in [9.17, 15) is 4.79 Å². The highest BCUT2D eigenvalue weighted by Crippen LogP contribution is 2.27. The number of nitrogens with zero attached hydrogens (tertiary/aromatic N) is 1. The van der Waals surface area contributed by atoms with Crippen molar-refractivity contribution in [3.63, 3.8) is 0 Å². The van der Waals surface area contributed by atoms with E-state index in [1.807, 2.05) is 11.8 Å². The van der Waals surface area contributed by atoms with Gasteiger partial charge in [-0.3, -0.25) is 9.78 Å². The fraction of sp³-hybridized carbons (Fsp3) is 0.571. The summed E-state index contributed by atoms with van der Waals surface area (Å²) >= 11 is 1.90. The molecule has 4 nitrogen and oxygen atoms in total. The Bertz CT molecular complexity index is 444. The van der Waals surface area contributed by atoms with Gasteiger partial charge in [0.2, 0.25) is 0 Å². The zero-order chi connectivity index (χ0) is 13.7. The summed E-state index contributed by atoms with van der Waals surface area (Å²) in [6, 6.07) is 3.81. The molecule has 1 aliphatic carbocycles. The molecule has 0 spiro atoms. The molecule has 1 aromatic rings. The van der Waals surface area contributed by atoms with Gasteiger partial charge < -0.3 is 11.1 Å². The first-order valence-electron chi connectivity index (χ1n) is 6.71. The minimum atomic E-state index is -0.0103. The number of hydrogen-bond donors (Lipinski definition) is 2. The molecule has 0 bridgehead atoms. The molecule has 1 aromatic heterocycles.